The van der Waals surface area contributed by atoms with Crippen molar-refractivity contribution in [1.29, 1.82) is 0 Å². The number of aromatic nitrogens is 1. The van der Waals surface area contributed by atoms with Gasteiger partial charge in [0.2, 0.25) is 5.91 Å². The van der Waals surface area contributed by atoms with Gasteiger partial charge in [0.25, 0.3) is 0 Å². The molecule has 0 radical (unpaired) electrons. The zero-order valence-corrected chi connectivity index (χ0v) is 11.4. The average Bonchev–Trinajstić information content (AvgIpc) is 2.40. The summed E-state index contributed by atoms with van der Waals surface area (Å²) < 4.78 is 0. The summed E-state index contributed by atoms with van der Waals surface area (Å²) in [4.78, 5) is 17.3. The zero-order chi connectivity index (χ0) is 14.5. The van der Waals surface area contributed by atoms with Crippen LogP contribution in [0, 0.1) is 6.92 Å². The number of para-hydroxylation sites is 1. The molecule has 0 saturated carbocycles. The summed E-state index contributed by atoms with van der Waals surface area (Å²) in [6, 6.07) is 11.4. The molecule has 5 nitrogen and oxygen atoms in total. The smallest absolute Gasteiger partial charge is 0.236 e. The number of carbonyl (C=O) groups is 1. The van der Waals surface area contributed by atoms with Gasteiger partial charge in [0.15, 0.2) is 0 Å². The average molecular weight is 270 g/mol. The van der Waals surface area contributed by atoms with Crippen LogP contribution >= 0.6 is 0 Å². The molecule has 0 saturated heterocycles. The summed E-state index contributed by atoms with van der Waals surface area (Å²) in [5.74, 6) is -0.381. The second kappa shape index (κ2) is 6.06. The van der Waals surface area contributed by atoms with Crippen molar-refractivity contribution in [2.24, 2.45) is 5.73 Å². The number of carbonyl (C=O) groups excluding carboxylic acids is 1. The van der Waals surface area contributed by atoms with Gasteiger partial charge in [-0.1, -0.05) is 18.2 Å². The molecular formula is C15H18N4O. The van der Waals surface area contributed by atoms with Crippen LogP contribution in [-0.2, 0) is 11.3 Å². The molecule has 0 atom stereocenters. The SMILES string of the molecule is Cc1cc(N(CC(N)=O)Cc2ccccc2N)ccn1. The summed E-state index contributed by atoms with van der Waals surface area (Å²) in [7, 11) is 0. The molecule has 2 rings (SSSR count). The first-order valence-corrected chi connectivity index (χ1v) is 6.35. The highest BCUT2D eigenvalue weighted by Crippen LogP contribution is 2.20. The third kappa shape index (κ3) is 3.47. The van der Waals surface area contributed by atoms with E-state index in [0.29, 0.717) is 12.2 Å². The Kier molecular flexibility index (Phi) is 4.20. The van der Waals surface area contributed by atoms with Crippen LogP contribution in [0.1, 0.15) is 11.3 Å². The fourth-order valence-electron chi connectivity index (χ4n) is 2.04. The van der Waals surface area contributed by atoms with Crippen molar-refractivity contribution in [3.05, 3.63) is 53.9 Å². The van der Waals surface area contributed by atoms with Crippen LogP contribution < -0.4 is 16.4 Å². The number of benzene rings is 1. The van der Waals surface area contributed by atoms with E-state index < -0.39 is 0 Å². The molecule has 1 heterocycles. The van der Waals surface area contributed by atoms with Crippen LogP contribution in [0.4, 0.5) is 11.4 Å². The van der Waals surface area contributed by atoms with Crippen molar-refractivity contribution in [3.8, 4) is 0 Å². The molecule has 5 heteroatoms. The van der Waals surface area contributed by atoms with E-state index in [0.717, 1.165) is 16.9 Å². The van der Waals surface area contributed by atoms with Gasteiger partial charge in [-0.25, -0.2) is 0 Å². The number of primary amides is 1. The van der Waals surface area contributed by atoms with Crippen LogP contribution in [0.3, 0.4) is 0 Å². The van der Waals surface area contributed by atoms with Crippen LogP contribution in [0.25, 0.3) is 0 Å². The number of hydrogen-bond donors (Lipinski definition) is 2. The fraction of sp³-hybridized carbons (Fsp3) is 0.200. The van der Waals surface area contributed by atoms with E-state index in [4.69, 9.17) is 11.5 Å². The minimum Gasteiger partial charge on any atom is -0.398 e. The highest BCUT2D eigenvalue weighted by molar-refractivity contribution is 5.79. The molecule has 2 aromatic rings. The van der Waals surface area contributed by atoms with Gasteiger partial charge in [-0.3, -0.25) is 9.78 Å². The maximum Gasteiger partial charge on any atom is 0.236 e. The fourth-order valence-corrected chi connectivity index (χ4v) is 2.04. The lowest BCUT2D eigenvalue weighted by Crippen LogP contribution is -2.33. The largest absolute Gasteiger partial charge is 0.398 e. The number of nitrogens with two attached hydrogens (primary N) is 2. The number of nitrogens with zero attached hydrogens (tertiary/aromatic N) is 2. The lowest BCUT2D eigenvalue weighted by atomic mass is 10.1. The molecule has 0 fully saturated rings. The van der Waals surface area contributed by atoms with E-state index in [1.54, 1.807) is 6.20 Å². The van der Waals surface area contributed by atoms with E-state index in [-0.39, 0.29) is 12.5 Å². The first kappa shape index (κ1) is 13.9. The van der Waals surface area contributed by atoms with Gasteiger partial charge in [0.05, 0.1) is 6.54 Å². The monoisotopic (exact) mass is 270 g/mol. The summed E-state index contributed by atoms with van der Waals surface area (Å²) in [5, 5.41) is 0. The van der Waals surface area contributed by atoms with E-state index in [2.05, 4.69) is 4.98 Å². The standard InChI is InChI=1S/C15H18N4O/c1-11-8-13(6-7-18-11)19(10-15(17)20)9-12-4-2-3-5-14(12)16/h2-8H,9-10,16H2,1H3,(H2,17,20). The Morgan fingerprint density at radius 1 is 1.30 bits per heavy atom. The van der Waals surface area contributed by atoms with E-state index >= 15 is 0 Å². The molecular weight excluding hydrogens is 252 g/mol. The molecule has 104 valence electrons. The van der Waals surface area contributed by atoms with Crippen LogP contribution in [-0.4, -0.2) is 17.4 Å². The predicted octanol–water partition coefficient (Wildman–Crippen LogP) is 1.46. The highest BCUT2D eigenvalue weighted by atomic mass is 16.1. The first-order valence-electron chi connectivity index (χ1n) is 6.35. The second-order valence-corrected chi connectivity index (χ2v) is 4.68. The highest BCUT2D eigenvalue weighted by Gasteiger charge is 2.12. The van der Waals surface area contributed by atoms with E-state index in [1.807, 2.05) is 48.2 Å². The van der Waals surface area contributed by atoms with Gasteiger partial charge in [-0.2, -0.15) is 0 Å². The number of aryl methyl sites for hydroxylation is 1. The van der Waals surface area contributed by atoms with E-state index in [1.165, 1.54) is 0 Å². The Morgan fingerprint density at radius 2 is 2.05 bits per heavy atom. The van der Waals surface area contributed by atoms with Gasteiger partial charge in [-0.15, -0.1) is 0 Å². The number of hydrogen-bond acceptors (Lipinski definition) is 4. The van der Waals surface area contributed by atoms with Gasteiger partial charge < -0.3 is 16.4 Å². The summed E-state index contributed by atoms with van der Waals surface area (Å²) in [5.41, 5.74) is 14.7. The van der Waals surface area contributed by atoms with Crippen molar-refractivity contribution in [3.63, 3.8) is 0 Å². The maximum atomic E-state index is 11.3. The quantitative estimate of drug-likeness (QED) is 0.805. The Hall–Kier alpha value is -2.56. The van der Waals surface area contributed by atoms with Crippen molar-refractivity contribution in [1.82, 2.24) is 4.98 Å². The molecule has 1 aromatic carbocycles. The Morgan fingerprint density at radius 3 is 2.70 bits per heavy atom. The molecule has 0 aliphatic heterocycles. The Labute approximate surface area is 118 Å². The van der Waals surface area contributed by atoms with Crippen LogP contribution in [0.2, 0.25) is 0 Å². The van der Waals surface area contributed by atoms with Crippen LogP contribution in [0.5, 0.6) is 0 Å². The lowest BCUT2D eigenvalue weighted by molar-refractivity contribution is -0.116. The number of amides is 1. The van der Waals surface area contributed by atoms with Crippen molar-refractivity contribution in [2.75, 3.05) is 17.2 Å². The number of nitrogen functional groups attached to an aromatic ring is 1. The van der Waals surface area contributed by atoms with Gasteiger partial charge in [0, 0.05) is 29.8 Å². The normalized spacial score (nSPS) is 10.2. The number of anilines is 2. The topological polar surface area (TPSA) is 85.2 Å². The first-order chi connectivity index (χ1) is 9.56. The molecule has 20 heavy (non-hydrogen) atoms. The number of pyridine rings is 1. The zero-order valence-electron chi connectivity index (χ0n) is 11.4. The summed E-state index contributed by atoms with van der Waals surface area (Å²) in [6.07, 6.45) is 1.72. The molecule has 0 aliphatic carbocycles. The van der Waals surface area contributed by atoms with Crippen molar-refractivity contribution >= 4 is 17.3 Å². The van der Waals surface area contributed by atoms with E-state index in [9.17, 15) is 4.79 Å². The predicted molar refractivity (Wildman–Crippen MR) is 80.1 cm³/mol. The molecule has 0 bridgehead atoms. The van der Waals surface area contributed by atoms with Crippen LogP contribution in [0.15, 0.2) is 42.6 Å². The summed E-state index contributed by atoms with van der Waals surface area (Å²) >= 11 is 0. The minimum absolute atomic E-state index is 0.137. The summed E-state index contributed by atoms with van der Waals surface area (Å²) in [6.45, 7) is 2.57. The molecule has 0 unspecified atom stereocenters. The minimum atomic E-state index is -0.381. The molecule has 1 aromatic heterocycles. The molecule has 1 amide bonds. The number of rotatable bonds is 5. The Balaban J connectivity index is 2.29. The Bertz CT molecular complexity index is 612. The van der Waals surface area contributed by atoms with Gasteiger partial charge in [0.1, 0.15) is 0 Å². The molecule has 0 aliphatic rings. The second-order valence-electron chi connectivity index (χ2n) is 4.68. The molecule has 4 N–H and O–H groups in total. The lowest BCUT2D eigenvalue weighted by Gasteiger charge is -2.24. The molecule has 0 spiro atoms. The maximum absolute atomic E-state index is 11.3. The van der Waals surface area contributed by atoms with Crippen molar-refractivity contribution in [2.45, 2.75) is 13.5 Å². The van der Waals surface area contributed by atoms with Gasteiger partial charge >= 0.3 is 0 Å². The third-order valence-corrected chi connectivity index (χ3v) is 3.01. The third-order valence-electron chi connectivity index (χ3n) is 3.01. The van der Waals surface area contributed by atoms with Crippen molar-refractivity contribution < 1.29 is 4.79 Å². The van der Waals surface area contributed by atoms with Gasteiger partial charge in [-0.05, 0) is 30.7 Å².